The van der Waals surface area contributed by atoms with Crippen LogP contribution in [0.5, 0.6) is 11.5 Å². The fourth-order valence-electron chi connectivity index (χ4n) is 2.41. The van der Waals surface area contributed by atoms with Crippen molar-refractivity contribution in [3.8, 4) is 11.5 Å². The molecule has 1 rings (SSSR count). The first-order valence-corrected chi connectivity index (χ1v) is 8.46. The number of benzene rings is 1. The SMILES string of the molecule is CCCCCCCCCCCCOc1cc(O)c(F)c(F)c1. The van der Waals surface area contributed by atoms with Crippen molar-refractivity contribution in [2.45, 2.75) is 71.1 Å². The lowest BCUT2D eigenvalue weighted by molar-refractivity contribution is 0.298. The van der Waals surface area contributed by atoms with Crippen molar-refractivity contribution in [2.75, 3.05) is 6.61 Å². The van der Waals surface area contributed by atoms with Gasteiger partial charge in [0.05, 0.1) is 6.61 Å². The number of aromatic hydroxyl groups is 1. The molecule has 0 aliphatic rings. The van der Waals surface area contributed by atoms with E-state index in [1.54, 1.807) is 0 Å². The highest BCUT2D eigenvalue weighted by atomic mass is 19.2. The summed E-state index contributed by atoms with van der Waals surface area (Å²) >= 11 is 0. The summed E-state index contributed by atoms with van der Waals surface area (Å²) in [5.74, 6) is -2.85. The Hall–Kier alpha value is -1.32. The van der Waals surface area contributed by atoms with E-state index in [2.05, 4.69) is 6.92 Å². The summed E-state index contributed by atoms with van der Waals surface area (Å²) in [5, 5.41) is 9.16. The van der Waals surface area contributed by atoms with Crippen LogP contribution in [0.2, 0.25) is 0 Å². The van der Waals surface area contributed by atoms with E-state index in [-0.39, 0.29) is 5.75 Å². The van der Waals surface area contributed by atoms with Crippen LogP contribution < -0.4 is 4.74 Å². The lowest BCUT2D eigenvalue weighted by Gasteiger charge is -2.07. The maximum absolute atomic E-state index is 13.1. The first-order chi connectivity index (χ1) is 10.6. The molecule has 1 aromatic carbocycles. The van der Waals surface area contributed by atoms with Crippen LogP contribution in [0, 0.1) is 11.6 Å². The van der Waals surface area contributed by atoms with E-state index in [4.69, 9.17) is 9.84 Å². The largest absolute Gasteiger partial charge is 0.505 e. The van der Waals surface area contributed by atoms with E-state index in [0.29, 0.717) is 6.61 Å². The van der Waals surface area contributed by atoms with Gasteiger partial charge in [-0.3, -0.25) is 0 Å². The number of phenols is 1. The number of ether oxygens (including phenoxy) is 1. The lowest BCUT2D eigenvalue weighted by atomic mass is 10.1. The van der Waals surface area contributed by atoms with Gasteiger partial charge in [0.25, 0.3) is 0 Å². The molecule has 0 saturated heterocycles. The molecule has 0 radical (unpaired) electrons. The minimum absolute atomic E-state index is 0.173. The fourth-order valence-corrected chi connectivity index (χ4v) is 2.41. The Bertz CT molecular complexity index is 399. The molecule has 0 amide bonds. The standard InChI is InChI=1S/C18H28F2O2/c1-2-3-4-5-6-7-8-9-10-11-12-22-15-13-16(19)18(20)17(21)14-15/h13-14,21H,2-12H2,1H3. The summed E-state index contributed by atoms with van der Waals surface area (Å²) in [6.45, 7) is 2.69. The van der Waals surface area contributed by atoms with Crippen molar-refractivity contribution in [1.29, 1.82) is 0 Å². The van der Waals surface area contributed by atoms with Gasteiger partial charge in [0, 0.05) is 12.1 Å². The molecule has 0 atom stereocenters. The molecule has 4 heteroatoms. The maximum Gasteiger partial charge on any atom is 0.200 e. The normalized spacial score (nSPS) is 10.9. The molecule has 0 saturated carbocycles. The van der Waals surface area contributed by atoms with E-state index in [1.165, 1.54) is 51.4 Å². The molecule has 0 fully saturated rings. The van der Waals surface area contributed by atoms with Crippen LogP contribution in [0.3, 0.4) is 0 Å². The number of phenolic OH excluding ortho intramolecular Hbond substituents is 1. The average Bonchev–Trinajstić information content (AvgIpc) is 2.50. The van der Waals surface area contributed by atoms with Crippen LogP contribution >= 0.6 is 0 Å². The van der Waals surface area contributed by atoms with Crippen LogP contribution in [-0.4, -0.2) is 11.7 Å². The zero-order chi connectivity index (χ0) is 16.2. The molecular formula is C18H28F2O2. The first kappa shape index (κ1) is 18.7. The average molecular weight is 314 g/mol. The van der Waals surface area contributed by atoms with E-state index in [1.807, 2.05) is 0 Å². The molecule has 1 aromatic rings. The van der Waals surface area contributed by atoms with Crippen molar-refractivity contribution in [3.05, 3.63) is 23.8 Å². The van der Waals surface area contributed by atoms with Gasteiger partial charge >= 0.3 is 0 Å². The van der Waals surface area contributed by atoms with Crippen molar-refractivity contribution >= 4 is 0 Å². The number of hydrogen-bond acceptors (Lipinski definition) is 2. The van der Waals surface area contributed by atoms with Gasteiger partial charge in [-0.1, -0.05) is 64.7 Å². The topological polar surface area (TPSA) is 29.5 Å². The summed E-state index contributed by atoms with van der Waals surface area (Å²) in [5.41, 5.74) is 0. The summed E-state index contributed by atoms with van der Waals surface area (Å²) in [6.07, 6.45) is 12.3. The Labute approximate surface area is 132 Å². The number of unbranched alkanes of at least 4 members (excludes halogenated alkanes) is 9. The second-order valence-electron chi connectivity index (χ2n) is 5.77. The Morgan fingerprint density at radius 3 is 1.95 bits per heavy atom. The van der Waals surface area contributed by atoms with Gasteiger partial charge in [-0.2, -0.15) is 4.39 Å². The maximum atomic E-state index is 13.1. The Morgan fingerprint density at radius 1 is 0.864 bits per heavy atom. The van der Waals surface area contributed by atoms with Gasteiger partial charge in [-0.15, -0.1) is 0 Å². The van der Waals surface area contributed by atoms with Crippen molar-refractivity contribution in [3.63, 3.8) is 0 Å². The third-order valence-corrected chi connectivity index (χ3v) is 3.75. The molecule has 0 spiro atoms. The summed E-state index contributed by atoms with van der Waals surface area (Å²) in [6, 6.07) is 2.07. The van der Waals surface area contributed by atoms with Gasteiger partial charge < -0.3 is 9.84 Å². The van der Waals surface area contributed by atoms with Crippen LogP contribution in [0.25, 0.3) is 0 Å². The molecular weight excluding hydrogens is 286 g/mol. The second-order valence-corrected chi connectivity index (χ2v) is 5.77. The van der Waals surface area contributed by atoms with Crippen molar-refractivity contribution in [2.24, 2.45) is 0 Å². The van der Waals surface area contributed by atoms with Gasteiger partial charge in [0.1, 0.15) is 5.75 Å². The molecule has 1 N–H and O–H groups in total. The van der Waals surface area contributed by atoms with Crippen LogP contribution in [0.4, 0.5) is 8.78 Å². The monoisotopic (exact) mass is 314 g/mol. The Balaban J connectivity index is 2.00. The third kappa shape index (κ3) is 7.62. The predicted octanol–water partition coefficient (Wildman–Crippen LogP) is 5.97. The van der Waals surface area contributed by atoms with Crippen molar-refractivity contribution in [1.82, 2.24) is 0 Å². The van der Waals surface area contributed by atoms with Gasteiger partial charge in [-0.05, 0) is 6.42 Å². The zero-order valence-electron chi connectivity index (χ0n) is 13.5. The zero-order valence-corrected chi connectivity index (χ0v) is 13.5. The molecule has 0 aliphatic heterocycles. The quantitative estimate of drug-likeness (QED) is 0.482. The minimum atomic E-state index is -1.23. The molecule has 0 unspecified atom stereocenters. The summed E-state index contributed by atoms with van der Waals surface area (Å²) < 4.78 is 31.3. The number of halogens is 2. The van der Waals surface area contributed by atoms with Gasteiger partial charge in [0.15, 0.2) is 11.6 Å². The Kier molecular flexibility index (Phi) is 9.60. The lowest BCUT2D eigenvalue weighted by Crippen LogP contribution is -1.98. The third-order valence-electron chi connectivity index (χ3n) is 3.75. The van der Waals surface area contributed by atoms with Gasteiger partial charge in [-0.25, -0.2) is 4.39 Å². The molecule has 126 valence electrons. The van der Waals surface area contributed by atoms with Crippen LogP contribution in [0.15, 0.2) is 12.1 Å². The molecule has 0 aromatic heterocycles. The fraction of sp³-hybridized carbons (Fsp3) is 0.667. The van der Waals surface area contributed by atoms with E-state index >= 15 is 0 Å². The highest BCUT2D eigenvalue weighted by molar-refractivity contribution is 5.34. The molecule has 0 bridgehead atoms. The smallest absolute Gasteiger partial charge is 0.200 e. The second kappa shape index (κ2) is 11.3. The minimum Gasteiger partial charge on any atom is -0.505 e. The van der Waals surface area contributed by atoms with Gasteiger partial charge in [0.2, 0.25) is 5.82 Å². The number of hydrogen-bond donors (Lipinski definition) is 1. The highest BCUT2D eigenvalue weighted by Gasteiger charge is 2.10. The summed E-state index contributed by atoms with van der Waals surface area (Å²) in [4.78, 5) is 0. The van der Waals surface area contributed by atoms with Crippen LogP contribution in [-0.2, 0) is 0 Å². The first-order valence-electron chi connectivity index (χ1n) is 8.46. The van der Waals surface area contributed by atoms with E-state index in [9.17, 15) is 8.78 Å². The van der Waals surface area contributed by atoms with Crippen LogP contribution in [0.1, 0.15) is 71.1 Å². The van der Waals surface area contributed by atoms with Crippen molar-refractivity contribution < 1.29 is 18.6 Å². The summed E-state index contributed by atoms with van der Waals surface area (Å²) in [7, 11) is 0. The Morgan fingerprint density at radius 2 is 1.41 bits per heavy atom. The highest BCUT2D eigenvalue weighted by Crippen LogP contribution is 2.25. The molecule has 0 aliphatic carbocycles. The van der Waals surface area contributed by atoms with E-state index in [0.717, 1.165) is 25.0 Å². The predicted molar refractivity (Wildman–Crippen MR) is 85.4 cm³/mol. The van der Waals surface area contributed by atoms with E-state index < -0.39 is 17.4 Å². The molecule has 22 heavy (non-hydrogen) atoms. The molecule has 0 heterocycles. The number of rotatable bonds is 12. The molecule has 2 nitrogen and oxygen atoms in total.